The summed E-state index contributed by atoms with van der Waals surface area (Å²) in [6.45, 7) is 0. The predicted octanol–water partition coefficient (Wildman–Crippen LogP) is 2.18. The summed E-state index contributed by atoms with van der Waals surface area (Å²) in [5, 5.41) is 9.25. The van der Waals surface area contributed by atoms with Crippen molar-refractivity contribution in [3.8, 4) is 17.2 Å². The van der Waals surface area contributed by atoms with E-state index in [-0.39, 0.29) is 16.9 Å². The summed E-state index contributed by atoms with van der Waals surface area (Å²) in [5.41, 5.74) is 10.3. The van der Waals surface area contributed by atoms with Gasteiger partial charge in [0.05, 0.1) is 28.7 Å². The van der Waals surface area contributed by atoms with Crippen LogP contribution < -0.4 is 5.73 Å². The van der Waals surface area contributed by atoms with Crippen molar-refractivity contribution in [3.63, 3.8) is 0 Å². The summed E-state index contributed by atoms with van der Waals surface area (Å²) in [6.07, 6.45) is 2.13. The zero-order valence-corrected chi connectivity index (χ0v) is 17.5. The molecule has 2 N–H and O–H groups in total. The lowest BCUT2D eigenvalue weighted by molar-refractivity contribution is -0.159. The lowest BCUT2D eigenvalue weighted by Gasteiger charge is -2.74. The smallest absolute Gasteiger partial charge is 0.192 e. The van der Waals surface area contributed by atoms with E-state index in [1.807, 2.05) is 30.1 Å². The van der Waals surface area contributed by atoms with Crippen LogP contribution in [0.4, 0.5) is 0 Å². The van der Waals surface area contributed by atoms with Gasteiger partial charge in [-0.15, -0.1) is 0 Å². The van der Waals surface area contributed by atoms with Gasteiger partial charge in [0.2, 0.25) is 0 Å². The van der Waals surface area contributed by atoms with Gasteiger partial charge in [-0.1, -0.05) is 24.3 Å². The van der Waals surface area contributed by atoms with Crippen LogP contribution in [-0.2, 0) is 21.8 Å². The number of fused-ring (bicyclic) bond motifs is 2. The van der Waals surface area contributed by atoms with Gasteiger partial charge in [-0.3, -0.25) is 0 Å². The van der Waals surface area contributed by atoms with Crippen molar-refractivity contribution in [2.75, 3.05) is 18.6 Å². The number of hydrogen-bond donors (Lipinski definition) is 1. The highest BCUT2D eigenvalue weighted by Crippen LogP contribution is 2.76. The lowest BCUT2D eigenvalue weighted by Crippen LogP contribution is -2.84. The maximum absolute atomic E-state index is 12.6. The molecule has 3 aliphatic heterocycles. The summed E-state index contributed by atoms with van der Waals surface area (Å²) < 4.78 is 25.2. The van der Waals surface area contributed by atoms with Crippen LogP contribution in [0.3, 0.4) is 0 Å². The Kier molecular flexibility index (Phi) is 3.14. The first-order valence-electron chi connectivity index (χ1n) is 10.2. The molecule has 2 fully saturated rings. The molecule has 3 unspecified atom stereocenters. The summed E-state index contributed by atoms with van der Waals surface area (Å²) >= 11 is 0. The normalized spacial score (nSPS) is 34.7. The van der Waals surface area contributed by atoms with E-state index in [2.05, 4.69) is 24.3 Å². The average Bonchev–Trinajstić information content (AvgIpc) is 2.93. The van der Waals surface area contributed by atoms with E-state index < -0.39 is 20.9 Å². The minimum Gasteiger partial charge on any atom is -0.370 e. The molecule has 0 aromatic heterocycles. The van der Waals surface area contributed by atoms with Gasteiger partial charge in [-0.05, 0) is 53.3 Å². The van der Waals surface area contributed by atoms with Crippen molar-refractivity contribution in [1.82, 2.24) is 4.90 Å². The minimum absolute atomic E-state index is 0.152. The molecule has 0 amide bonds. The molecule has 7 heteroatoms. The van der Waals surface area contributed by atoms with Crippen LogP contribution in [-0.4, -0.2) is 43.4 Å². The molecule has 3 atom stereocenters. The first-order valence-corrected chi connectivity index (χ1v) is 12.0. The Balaban J connectivity index is 1.54. The Labute approximate surface area is 175 Å². The Hall–Kier alpha value is -2.85. The number of nitrogens with zero attached hydrogens (tertiary/aromatic N) is 3. The van der Waals surface area contributed by atoms with Gasteiger partial charge in [0.25, 0.3) is 0 Å². The van der Waals surface area contributed by atoms with Crippen molar-refractivity contribution in [3.05, 3.63) is 59.2 Å². The van der Waals surface area contributed by atoms with Crippen LogP contribution in [0, 0.1) is 16.7 Å². The van der Waals surface area contributed by atoms with Crippen molar-refractivity contribution in [2.24, 2.45) is 16.1 Å². The molecule has 1 saturated carbocycles. The van der Waals surface area contributed by atoms with Gasteiger partial charge in [0.15, 0.2) is 15.8 Å². The average molecular weight is 419 g/mol. The highest BCUT2D eigenvalue weighted by molar-refractivity contribution is 7.91. The zero-order chi connectivity index (χ0) is 20.9. The van der Waals surface area contributed by atoms with E-state index in [9.17, 15) is 13.7 Å². The second kappa shape index (κ2) is 5.25. The van der Waals surface area contributed by atoms with Gasteiger partial charge in [0.1, 0.15) is 5.54 Å². The van der Waals surface area contributed by atoms with Crippen LogP contribution >= 0.6 is 0 Å². The van der Waals surface area contributed by atoms with Crippen LogP contribution in [0.25, 0.3) is 11.1 Å². The maximum atomic E-state index is 12.6. The molecule has 2 aromatic rings. The zero-order valence-electron chi connectivity index (χ0n) is 16.7. The summed E-state index contributed by atoms with van der Waals surface area (Å²) in [7, 11) is -1.21. The fourth-order valence-electron chi connectivity index (χ4n) is 6.81. The molecule has 3 heterocycles. The number of nitriles is 1. The van der Waals surface area contributed by atoms with E-state index in [1.165, 1.54) is 11.1 Å². The van der Waals surface area contributed by atoms with Crippen molar-refractivity contribution in [1.29, 1.82) is 5.26 Å². The van der Waals surface area contributed by atoms with E-state index in [0.29, 0.717) is 24.4 Å². The highest BCUT2D eigenvalue weighted by Gasteiger charge is 2.82. The highest BCUT2D eigenvalue weighted by atomic mass is 32.2. The molecule has 2 bridgehead atoms. The Bertz CT molecular complexity index is 1310. The van der Waals surface area contributed by atoms with Crippen LogP contribution in [0.5, 0.6) is 0 Å². The van der Waals surface area contributed by atoms with E-state index in [0.717, 1.165) is 17.5 Å². The number of benzene rings is 2. The summed E-state index contributed by atoms with van der Waals surface area (Å²) in [5.74, 6) is 0.795. The van der Waals surface area contributed by atoms with E-state index in [4.69, 9.17) is 10.7 Å². The molecule has 30 heavy (non-hydrogen) atoms. The molecular formula is C23H22N4O2S. The number of sulfone groups is 1. The molecule has 0 radical (unpaired) electrons. The SMILES string of the molecule is CN1C(N)=NC23CC14CS(=O)(=O)CCC24Cc1ccc(-c2cccc(C#N)c2)cc13. The molecule has 5 aliphatic rings. The van der Waals surface area contributed by atoms with E-state index in [1.54, 1.807) is 6.07 Å². The van der Waals surface area contributed by atoms with Gasteiger partial charge in [-0.2, -0.15) is 5.26 Å². The van der Waals surface area contributed by atoms with Crippen molar-refractivity contribution >= 4 is 15.8 Å². The lowest BCUT2D eigenvalue weighted by atomic mass is 9.42. The number of guanidine groups is 1. The second-order valence-corrected chi connectivity index (χ2v) is 11.4. The molecular weight excluding hydrogens is 396 g/mol. The summed E-state index contributed by atoms with van der Waals surface area (Å²) in [4.78, 5) is 6.96. The third-order valence-electron chi connectivity index (χ3n) is 8.19. The molecule has 152 valence electrons. The van der Waals surface area contributed by atoms with Crippen LogP contribution in [0.1, 0.15) is 29.5 Å². The second-order valence-electron chi connectivity index (χ2n) is 9.26. The molecule has 3 spiro atoms. The van der Waals surface area contributed by atoms with Crippen LogP contribution in [0.2, 0.25) is 0 Å². The van der Waals surface area contributed by atoms with Gasteiger partial charge in [-0.25, -0.2) is 13.4 Å². The van der Waals surface area contributed by atoms with Crippen molar-refractivity contribution in [2.45, 2.75) is 30.3 Å². The molecule has 1 saturated heterocycles. The number of nitrogens with two attached hydrogens (primary N) is 1. The van der Waals surface area contributed by atoms with Crippen molar-refractivity contribution < 1.29 is 8.42 Å². The molecule has 7 rings (SSSR count). The molecule has 2 aromatic carbocycles. The molecule has 6 nitrogen and oxygen atoms in total. The monoisotopic (exact) mass is 418 g/mol. The standard InChI is InChI=1S/C23H22N4O2S/c1-27-20(25)26-23-13-22(27)14-30(28,29)8-7-21(22,23)11-18-6-5-17(10-19(18)23)16-4-2-3-15(9-16)12-24/h2-6,9-10H,7-8,11,13-14H2,1H3,(H2,25,26). The van der Waals surface area contributed by atoms with Gasteiger partial charge >= 0.3 is 0 Å². The van der Waals surface area contributed by atoms with Gasteiger partial charge in [0, 0.05) is 18.9 Å². The number of hydrogen-bond acceptors (Lipinski definition) is 6. The topological polar surface area (TPSA) is 99.5 Å². The fourth-order valence-corrected chi connectivity index (χ4v) is 8.91. The quantitative estimate of drug-likeness (QED) is 0.765. The maximum Gasteiger partial charge on any atom is 0.192 e. The molecule has 2 aliphatic carbocycles. The van der Waals surface area contributed by atoms with E-state index >= 15 is 0 Å². The van der Waals surface area contributed by atoms with Gasteiger partial charge < -0.3 is 10.6 Å². The van der Waals surface area contributed by atoms with Crippen LogP contribution in [0.15, 0.2) is 47.5 Å². The third kappa shape index (κ3) is 1.85. The Morgan fingerprint density at radius 1 is 1.20 bits per heavy atom. The number of aliphatic imine (C=N–C) groups is 1. The minimum atomic E-state index is -3.11. The summed E-state index contributed by atoms with van der Waals surface area (Å²) in [6, 6.07) is 16.3. The first-order chi connectivity index (χ1) is 14.3. The Morgan fingerprint density at radius 3 is 2.80 bits per heavy atom. The Morgan fingerprint density at radius 2 is 2.00 bits per heavy atom. The largest absolute Gasteiger partial charge is 0.370 e. The number of rotatable bonds is 1. The predicted molar refractivity (Wildman–Crippen MR) is 114 cm³/mol. The first kappa shape index (κ1) is 18.0. The third-order valence-corrected chi connectivity index (χ3v) is 9.94. The fraction of sp³-hybridized carbons (Fsp3) is 0.391.